The van der Waals surface area contributed by atoms with Crippen molar-refractivity contribution in [3.63, 3.8) is 0 Å². The third kappa shape index (κ3) is 2.59. The second-order valence-electron chi connectivity index (χ2n) is 4.18. The summed E-state index contributed by atoms with van der Waals surface area (Å²) in [4.78, 5) is 3.94. The van der Waals surface area contributed by atoms with E-state index in [9.17, 15) is 9.50 Å². The van der Waals surface area contributed by atoms with Crippen LogP contribution >= 0.6 is 23.2 Å². The fraction of sp³-hybridized carbons (Fsp3) is 0.214. The summed E-state index contributed by atoms with van der Waals surface area (Å²) < 4.78 is 12.9. The first-order chi connectivity index (χ1) is 8.99. The first-order valence-electron chi connectivity index (χ1n) is 5.78. The van der Waals surface area contributed by atoms with Crippen LogP contribution in [0.5, 0.6) is 0 Å². The summed E-state index contributed by atoms with van der Waals surface area (Å²) in [5.41, 5.74) is -0.598. The van der Waals surface area contributed by atoms with E-state index in [0.717, 1.165) is 6.20 Å². The number of nitrogens with zero attached hydrogens (tertiary/aromatic N) is 1. The summed E-state index contributed by atoms with van der Waals surface area (Å²) in [5.74, 6) is -0.459. The monoisotopic (exact) mass is 299 g/mol. The van der Waals surface area contributed by atoms with Gasteiger partial charge in [-0.3, -0.25) is 4.98 Å². The third-order valence-corrected chi connectivity index (χ3v) is 3.88. The van der Waals surface area contributed by atoms with E-state index in [1.807, 2.05) is 0 Å². The molecule has 0 aliphatic carbocycles. The van der Waals surface area contributed by atoms with Gasteiger partial charge in [-0.05, 0) is 24.6 Å². The average molecular weight is 300 g/mol. The molecule has 2 nitrogen and oxygen atoms in total. The fourth-order valence-corrected chi connectivity index (χ4v) is 2.41. The van der Waals surface area contributed by atoms with Crippen LogP contribution in [0, 0.1) is 5.82 Å². The van der Waals surface area contributed by atoms with Crippen LogP contribution in [-0.2, 0) is 5.60 Å². The van der Waals surface area contributed by atoms with Gasteiger partial charge in [0, 0.05) is 5.56 Å². The van der Waals surface area contributed by atoms with Crippen LogP contribution in [0.25, 0.3) is 0 Å². The average Bonchev–Trinajstić information content (AvgIpc) is 2.42. The van der Waals surface area contributed by atoms with Gasteiger partial charge in [0.2, 0.25) is 0 Å². The number of benzene rings is 1. The van der Waals surface area contributed by atoms with Crippen LogP contribution in [0.3, 0.4) is 0 Å². The number of rotatable bonds is 3. The van der Waals surface area contributed by atoms with Gasteiger partial charge in [-0.1, -0.05) is 42.3 Å². The summed E-state index contributed by atoms with van der Waals surface area (Å²) in [7, 11) is 0. The first kappa shape index (κ1) is 14.3. The Kier molecular flexibility index (Phi) is 4.09. The molecule has 2 rings (SSSR count). The molecule has 1 aromatic heterocycles. The minimum atomic E-state index is -1.39. The van der Waals surface area contributed by atoms with Crippen LogP contribution in [0.1, 0.15) is 24.6 Å². The molecule has 0 radical (unpaired) electrons. The summed E-state index contributed by atoms with van der Waals surface area (Å²) in [6.45, 7) is 1.79. The van der Waals surface area contributed by atoms with Gasteiger partial charge >= 0.3 is 0 Å². The Labute approximate surface area is 120 Å². The topological polar surface area (TPSA) is 33.1 Å². The van der Waals surface area contributed by atoms with Crippen molar-refractivity contribution < 1.29 is 9.50 Å². The van der Waals surface area contributed by atoms with Crippen molar-refractivity contribution >= 4 is 23.2 Å². The van der Waals surface area contributed by atoms with Gasteiger partial charge in [0.05, 0.1) is 21.9 Å². The van der Waals surface area contributed by atoms with Gasteiger partial charge in [-0.15, -0.1) is 0 Å². The summed E-state index contributed by atoms with van der Waals surface area (Å²) in [6.07, 6.45) is 1.40. The summed E-state index contributed by atoms with van der Waals surface area (Å²) in [6, 6.07) is 7.72. The Balaban J connectivity index is 2.59. The molecule has 0 fully saturated rings. The summed E-state index contributed by atoms with van der Waals surface area (Å²) >= 11 is 12.1. The number of hydrogen-bond donors (Lipinski definition) is 1. The lowest BCUT2D eigenvalue weighted by molar-refractivity contribution is 0.0719. The van der Waals surface area contributed by atoms with E-state index in [0.29, 0.717) is 22.7 Å². The lowest BCUT2D eigenvalue weighted by Gasteiger charge is -2.28. The molecule has 0 spiro atoms. The molecule has 1 unspecified atom stereocenters. The highest BCUT2D eigenvalue weighted by molar-refractivity contribution is 6.42. The second-order valence-corrected chi connectivity index (χ2v) is 4.96. The zero-order valence-corrected chi connectivity index (χ0v) is 11.7. The number of aliphatic hydroxyl groups is 1. The van der Waals surface area contributed by atoms with Gasteiger partial charge in [0.25, 0.3) is 0 Å². The Bertz CT molecular complexity index is 588. The van der Waals surface area contributed by atoms with E-state index in [1.165, 1.54) is 12.1 Å². The number of halogens is 3. The van der Waals surface area contributed by atoms with Crippen molar-refractivity contribution in [2.24, 2.45) is 0 Å². The number of aromatic nitrogens is 1. The lowest BCUT2D eigenvalue weighted by Crippen LogP contribution is -2.28. The molecule has 100 valence electrons. The maximum absolute atomic E-state index is 12.9. The van der Waals surface area contributed by atoms with Crippen LogP contribution < -0.4 is 0 Å². The largest absolute Gasteiger partial charge is 0.379 e. The van der Waals surface area contributed by atoms with E-state index in [4.69, 9.17) is 23.2 Å². The standard InChI is InChI=1S/C14H12Cl2FNO/c1-2-14(19,12-7-6-9(17)8-18-12)10-4-3-5-11(15)13(10)16/h3-8,19H,2H2,1H3. The molecule has 0 saturated heterocycles. The third-order valence-electron chi connectivity index (χ3n) is 3.06. The second kappa shape index (κ2) is 5.45. The Hall–Kier alpha value is -1.16. The van der Waals surface area contributed by atoms with Gasteiger partial charge in [-0.25, -0.2) is 4.39 Å². The normalized spacial score (nSPS) is 14.2. The Morgan fingerprint density at radius 2 is 2.00 bits per heavy atom. The molecule has 1 aromatic carbocycles. The van der Waals surface area contributed by atoms with Gasteiger partial charge in [0.15, 0.2) is 0 Å². The zero-order chi connectivity index (χ0) is 14.0. The maximum Gasteiger partial charge on any atom is 0.141 e. The molecule has 19 heavy (non-hydrogen) atoms. The number of hydrogen-bond acceptors (Lipinski definition) is 2. The molecule has 0 aliphatic rings. The van der Waals surface area contributed by atoms with E-state index < -0.39 is 11.4 Å². The van der Waals surface area contributed by atoms with Crippen LogP contribution in [0.15, 0.2) is 36.5 Å². The smallest absolute Gasteiger partial charge is 0.141 e. The highest BCUT2D eigenvalue weighted by Crippen LogP contribution is 2.38. The molecular weight excluding hydrogens is 288 g/mol. The first-order valence-corrected chi connectivity index (χ1v) is 6.53. The molecule has 0 amide bonds. The predicted octanol–water partition coefficient (Wildman–Crippen LogP) is 4.17. The minimum Gasteiger partial charge on any atom is -0.379 e. The van der Waals surface area contributed by atoms with Gasteiger partial charge < -0.3 is 5.11 Å². The van der Waals surface area contributed by atoms with Crippen molar-refractivity contribution in [1.82, 2.24) is 4.98 Å². The Morgan fingerprint density at radius 1 is 1.26 bits per heavy atom. The summed E-state index contributed by atoms with van der Waals surface area (Å²) in [5, 5.41) is 11.5. The molecule has 0 bridgehead atoms. The van der Waals surface area contributed by atoms with Crippen molar-refractivity contribution in [3.05, 3.63) is 63.6 Å². The number of pyridine rings is 1. The maximum atomic E-state index is 12.9. The van der Waals surface area contributed by atoms with Crippen LogP contribution in [0.4, 0.5) is 4.39 Å². The van der Waals surface area contributed by atoms with Crippen molar-refractivity contribution in [1.29, 1.82) is 0 Å². The molecule has 0 aliphatic heterocycles. The minimum absolute atomic E-state index is 0.277. The Morgan fingerprint density at radius 3 is 2.58 bits per heavy atom. The van der Waals surface area contributed by atoms with Crippen LogP contribution in [0.2, 0.25) is 10.0 Å². The molecule has 2 aromatic rings. The predicted molar refractivity (Wildman–Crippen MR) is 73.9 cm³/mol. The fourth-order valence-electron chi connectivity index (χ4n) is 1.95. The van der Waals surface area contributed by atoms with Gasteiger partial charge in [-0.2, -0.15) is 0 Å². The molecule has 5 heteroatoms. The highest BCUT2D eigenvalue weighted by atomic mass is 35.5. The zero-order valence-electron chi connectivity index (χ0n) is 10.2. The van der Waals surface area contributed by atoms with Crippen molar-refractivity contribution in [2.45, 2.75) is 18.9 Å². The van der Waals surface area contributed by atoms with Gasteiger partial charge in [0.1, 0.15) is 11.4 Å². The highest BCUT2D eigenvalue weighted by Gasteiger charge is 2.33. The van der Waals surface area contributed by atoms with E-state index in [2.05, 4.69) is 4.98 Å². The molecule has 1 atom stereocenters. The van der Waals surface area contributed by atoms with E-state index in [-0.39, 0.29) is 5.02 Å². The SMILES string of the molecule is CCC(O)(c1ccc(F)cn1)c1cccc(Cl)c1Cl. The van der Waals surface area contributed by atoms with Crippen LogP contribution in [-0.4, -0.2) is 10.1 Å². The molecule has 1 N–H and O–H groups in total. The van der Waals surface area contributed by atoms with Crippen molar-refractivity contribution in [2.75, 3.05) is 0 Å². The quantitative estimate of drug-likeness (QED) is 0.922. The van der Waals surface area contributed by atoms with E-state index >= 15 is 0 Å². The molecule has 0 saturated carbocycles. The molecular formula is C14H12Cl2FNO. The lowest BCUT2D eigenvalue weighted by atomic mass is 9.87. The van der Waals surface area contributed by atoms with E-state index in [1.54, 1.807) is 25.1 Å². The van der Waals surface area contributed by atoms with Crippen molar-refractivity contribution in [3.8, 4) is 0 Å². The molecule has 1 heterocycles.